The summed E-state index contributed by atoms with van der Waals surface area (Å²) < 4.78 is 25.5. The van der Waals surface area contributed by atoms with Crippen LogP contribution in [0.1, 0.15) is 19.4 Å². The van der Waals surface area contributed by atoms with Crippen LogP contribution in [0.5, 0.6) is 0 Å². The summed E-state index contributed by atoms with van der Waals surface area (Å²) >= 11 is 0. The molecular weight excluding hydrogens is 224 g/mol. The van der Waals surface area contributed by atoms with E-state index in [1.54, 1.807) is 26.0 Å². The van der Waals surface area contributed by atoms with Gasteiger partial charge in [0.25, 0.3) is 0 Å². The summed E-state index contributed by atoms with van der Waals surface area (Å²) in [6, 6.07) is 7.96. The van der Waals surface area contributed by atoms with Gasteiger partial charge >= 0.3 is 0 Å². The van der Waals surface area contributed by atoms with Gasteiger partial charge in [0.1, 0.15) is 6.07 Å². The molecule has 0 saturated heterocycles. The summed E-state index contributed by atoms with van der Waals surface area (Å²) in [6.45, 7) is 3.57. The lowest BCUT2D eigenvalue weighted by atomic mass is 10.2. The molecule has 0 fully saturated rings. The molecule has 5 heteroatoms. The Hall–Kier alpha value is -1.38. The summed E-state index contributed by atoms with van der Waals surface area (Å²) in [7, 11) is -2.06. The number of nitrogens with zero attached hydrogens (tertiary/aromatic N) is 2. The third-order valence-electron chi connectivity index (χ3n) is 2.39. The van der Waals surface area contributed by atoms with Gasteiger partial charge in [0.2, 0.25) is 10.0 Å². The Bertz CT molecular complexity index is 515. The monoisotopic (exact) mass is 238 g/mol. The Kier molecular flexibility index (Phi) is 3.68. The zero-order valence-corrected chi connectivity index (χ0v) is 10.3. The summed E-state index contributed by atoms with van der Waals surface area (Å²) in [5.41, 5.74) is 0.176. The van der Waals surface area contributed by atoms with Gasteiger partial charge in [-0.2, -0.15) is 9.57 Å². The molecule has 0 unspecified atom stereocenters. The fraction of sp³-hybridized carbons (Fsp3) is 0.364. The van der Waals surface area contributed by atoms with Crippen LogP contribution in [0, 0.1) is 11.3 Å². The largest absolute Gasteiger partial charge is 0.244 e. The number of hydrogen-bond acceptors (Lipinski definition) is 3. The molecule has 0 aliphatic rings. The van der Waals surface area contributed by atoms with Crippen molar-refractivity contribution in [3.63, 3.8) is 0 Å². The van der Waals surface area contributed by atoms with Crippen LogP contribution in [-0.4, -0.2) is 25.8 Å². The lowest BCUT2D eigenvalue weighted by Gasteiger charge is -2.21. The molecule has 0 radical (unpaired) electrons. The van der Waals surface area contributed by atoms with Gasteiger partial charge < -0.3 is 0 Å². The van der Waals surface area contributed by atoms with Gasteiger partial charge in [-0.3, -0.25) is 0 Å². The number of benzene rings is 1. The maximum Gasteiger partial charge on any atom is 0.244 e. The van der Waals surface area contributed by atoms with Crippen LogP contribution in [0.3, 0.4) is 0 Å². The Balaban J connectivity index is 3.34. The molecule has 4 nitrogen and oxygen atoms in total. The first-order valence-electron chi connectivity index (χ1n) is 4.88. The average Bonchev–Trinajstić information content (AvgIpc) is 2.27. The maximum atomic E-state index is 12.1. The van der Waals surface area contributed by atoms with Gasteiger partial charge in [-0.15, -0.1) is 0 Å². The Labute approximate surface area is 96.2 Å². The third kappa shape index (κ3) is 2.23. The van der Waals surface area contributed by atoms with Crippen molar-refractivity contribution in [2.75, 3.05) is 7.05 Å². The van der Waals surface area contributed by atoms with Crippen molar-refractivity contribution in [2.24, 2.45) is 0 Å². The third-order valence-corrected chi connectivity index (χ3v) is 4.48. The Morgan fingerprint density at radius 1 is 1.31 bits per heavy atom. The quantitative estimate of drug-likeness (QED) is 0.803. The molecule has 0 aliphatic carbocycles. The van der Waals surface area contributed by atoms with Gasteiger partial charge in [-0.1, -0.05) is 12.1 Å². The summed E-state index contributed by atoms with van der Waals surface area (Å²) in [5.74, 6) is 0. The average molecular weight is 238 g/mol. The molecule has 16 heavy (non-hydrogen) atoms. The smallest absolute Gasteiger partial charge is 0.207 e. The van der Waals surface area contributed by atoms with Crippen LogP contribution in [0.4, 0.5) is 0 Å². The fourth-order valence-corrected chi connectivity index (χ4v) is 2.72. The first-order valence-corrected chi connectivity index (χ1v) is 6.32. The van der Waals surface area contributed by atoms with Crippen molar-refractivity contribution in [1.82, 2.24) is 4.31 Å². The van der Waals surface area contributed by atoms with Crippen LogP contribution in [-0.2, 0) is 10.0 Å². The molecule has 0 bridgehead atoms. The molecule has 0 spiro atoms. The van der Waals surface area contributed by atoms with Gasteiger partial charge in [0.15, 0.2) is 0 Å². The van der Waals surface area contributed by atoms with E-state index in [1.807, 2.05) is 6.07 Å². The molecule has 1 rings (SSSR count). The van der Waals surface area contributed by atoms with E-state index in [0.717, 1.165) is 0 Å². The molecule has 0 saturated carbocycles. The minimum atomic E-state index is -3.57. The van der Waals surface area contributed by atoms with Crippen molar-refractivity contribution >= 4 is 10.0 Å². The minimum Gasteiger partial charge on any atom is -0.207 e. The van der Waals surface area contributed by atoms with Gasteiger partial charge in [0.05, 0.1) is 10.5 Å². The van der Waals surface area contributed by atoms with Crippen LogP contribution in [0.15, 0.2) is 29.2 Å². The SMILES string of the molecule is CC(C)N(C)S(=O)(=O)c1ccccc1C#N. The number of rotatable bonds is 3. The topological polar surface area (TPSA) is 61.2 Å². The second-order valence-electron chi connectivity index (χ2n) is 3.72. The summed E-state index contributed by atoms with van der Waals surface area (Å²) in [6.07, 6.45) is 0. The van der Waals surface area contributed by atoms with E-state index >= 15 is 0 Å². The van der Waals surface area contributed by atoms with Crippen molar-refractivity contribution < 1.29 is 8.42 Å². The summed E-state index contributed by atoms with van der Waals surface area (Å²) in [4.78, 5) is 0.0636. The first kappa shape index (κ1) is 12.7. The van der Waals surface area contributed by atoms with Crippen LogP contribution in [0.25, 0.3) is 0 Å². The highest BCUT2D eigenvalue weighted by atomic mass is 32.2. The molecule has 0 aromatic heterocycles. The van der Waals surface area contributed by atoms with Crippen molar-refractivity contribution in [2.45, 2.75) is 24.8 Å². The molecule has 0 aliphatic heterocycles. The van der Waals surface area contributed by atoms with Crippen LogP contribution in [0.2, 0.25) is 0 Å². The highest BCUT2D eigenvalue weighted by Gasteiger charge is 2.25. The second-order valence-corrected chi connectivity index (χ2v) is 5.69. The first-order chi connectivity index (χ1) is 7.41. The molecular formula is C11H14N2O2S. The molecule has 1 aromatic rings. The molecule has 0 heterocycles. The molecule has 0 N–H and O–H groups in total. The van der Waals surface area contributed by atoms with Crippen LogP contribution < -0.4 is 0 Å². The maximum absolute atomic E-state index is 12.1. The number of nitriles is 1. The molecule has 0 atom stereocenters. The van der Waals surface area contributed by atoms with Crippen molar-refractivity contribution in [3.05, 3.63) is 29.8 Å². The van der Waals surface area contributed by atoms with E-state index in [1.165, 1.54) is 23.5 Å². The van der Waals surface area contributed by atoms with Gasteiger partial charge in [-0.25, -0.2) is 8.42 Å². The lowest BCUT2D eigenvalue weighted by Crippen LogP contribution is -2.33. The molecule has 86 valence electrons. The lowest BCUT2D eigenvalue weighted by molar-refractivity contribution is 0.410. The predicted molar refractivity (Wildman–Crippen MR) is 61.2 cm³/mol. The van der Waals surface area contributed by atoms with E-state index in [2.05, 4.69) is 0 Å². The Morgan fingerprint density at radius 2 is 1.88 bits per heavy atom. The van der Waals surface area contributed by atoms with Crippen LogP contribution >= 0.6 is 0 Å². The second kappa shape index (κ2) is 4.64. The normalized spacial score (nSPS) is 11.8. The van der Waals surface area contributed by atoms with E-state index in [-0.39, 0.29) is 16.5 Å². The van der Waals surface area contributed by atoms with Crippen molar-refractivity contribution in [1.29, 1.82) is 5.26 Å². The van der Waals surface area contributed by atoms with E-state index < -0.39 is 10.0 Å². The zero-order chi connectivity index (χ0) is 12.3. The van der Waals surface area contributed by atoms with E-state index in [9.17, 15) is 8.42 Å². The molecule has 0 amide bonds. The predicted octanol–water partition coefficient (Wildman–Crippen LogP) is 1.59. The fourth-order valence-electron chi connectivity index (χ4n) is 1.22. The highest BCUT2D eigenvalue weighted by Crippen LogP contribution is 2.19. The highest BCUT2D eigenvalue weighted by molar-refractivity contribution is 7.89. The standard InChI is InChI=1S/C11H14N2O2S/c1-9(2)13(3)16(14,15)11-7-5-4-6-10(11)8-12/h4-7,9H,1-3H3. The number of hydrogen-bond donors (Lipinski definition) is 0. The Morgan fingerprint density at radius 3 is 2.38 bits per heavy atom. The summed E-state index contributed by atoms with van der Waals surface area (Å²) in [5, 5.41) is 8.87. The van der Waals surface area contributed by atoms with E-state index in [4.69, 9.17) is 5.26 Å². The minimum absolute atomic E-state index is 0.0636. The van der Waals surface area contributed by atoms with Crippen molar-refractivity contribution in [3.8, 4) is 6.07 Å². The van der Waals surface area contributed by atoms with E-state index in [0.29, 0.717) is 0 Å². The molecule has 1 aromatic carbocycles. The van der Waals surface area contributed by atoms with Gasteiger partial charge in [-0.05, 0) is 26.0 Å². The number of sulfonamides is 1. The van der Waals surface area contributed by atoms with Gasteiger partial charge in [0, 0.05) is 13.1 Å². The zero-order valence-electron chi connectivity index (χ0n) is 9.51.